The minimum atomic E-state index is -0.313. The first-order chi connectivity index (χ1) is 9.72. The van der Waals surface area contributed by atoms with Crippen molar-refractivity contribution >= 4 is 6.21 Å². The summed E-state index contributed by atoms with van der Waals surface area (Å²) < 4.78 is 1.03. The zero-order valence-corrected chi connectivity index (χ0v) is 11.9. The number of hydrogen-bond donors (Lipinski definition) is 0. The lowest BCUT2D eigenvalue weighted by molar-refractivity contribution is -0.491. The van der Waals surface area contributed by atoms with Crippen LogP contribution >= 0.6 is 0 Å². The molecule has 0 aliphatic carbocycles. The average molecular weight is 265 g/mol. The lowest BCUT2D eigenvalue weighted by Crippen LogP contribution is -2.16. The van der Waals surface area contributed by atoms with Gasteiger partial charge in [-0.1, -0.05) is 66.7 Å². The van der Waals surface area contributed by atoms with E-state index in [1.165, 1.54) is 0 Å². The van der Waals surface area contributed by atoms with Gasteiger partial charge in [0, 0.05) is 16.7 Å². The normalized spacial score (nSPS) is 12.8. The van der Waals surface area contributed by atoms with Crippen LogP contribution in [0.3, 0.4) is 0 Å². The van der Waals surface area contributed by atoms with E-state index in [4.69, 9.17) is 0 Å². The summed E-state index contributed by atoms with van der Waals surface area (Å²) in [6.45, 7) is 3.86. The molecule has 20 heavy (non-hydrogen) atoms. The van der Waals surface area contributed by atoms with E-state index in [-0.39, 0.29) is 6.04 Å². The fourth-order valence-corrected chi connectivity index (χ4v) is 2.11. The molecule has 102 valence electrons. The molecule has 2 rings (SSSR count). The minimum Gasteiger partial charge on any atom is -0.623 e. The second-order valence-electron chi connectivity index (χ2n) is 4.75. The molecule has 0 aliphatic heterocycles. The number of benzene rings is 2. The highest BCUT2D eigenvalue weighted by atomic mass is 16.5. The van der Waals surface area contributed by atoms with Gasteiger partial charge in [-0.05, 0) is 13.8 Å². The lowest BCUT2D eigenvalue weighted by atomic mass is 9.99. The molecule has 2 aromatic rings. The van der Waals surface area contributed by atoms with Crippen LogP contribution in [0, 0.1) is 5.21 Å². The third-order valence-corrected chi connectivity index (χ3v) is 3.27. The maximum absolute atomic E-state index is 12.5. The molecule has 0 radical (unpaired) electrons. The SMILES string of the molecule is C/C=C(C)/C=[N+](\[O-])C(c1ccccc1)c1ccccc1. The summed E-state index contributed by atoms with van der Waals surface area (Å²) >= 11 is 0. The van der Waals surface area contributed by atoms with Crippen LogP contribution in [-0.2, 0) is 0 Å². The molecular formula is C18H19NO. The van der Waals surface area contributed by atoms with Gasteiger partial charge < -0.3 is 5.21 Å². The van der Waals surface area contributed by atoms with Crippen molar-refractivity contribution in [2.24, 2.45) is 0 Å². The van der Waals surface area contributed by atoms with Crippen LogP contribution in [0.5, 0.6) is 0 Å². The summed E-state index contributed by atoms with van der Waals surface area (Å²) in [5.74, 6) is 0. The molecule has 0 bridgehead atoms. The van der Waals surface area contributed by atoms with Crippen molar-refractivity contribution in [1.82, 2.24) is 0 Å². The summed E-state index contributed by atoms with van der Waals surface area (Å²) in [6, 6.07) is 19.4. The molecule has 0 fully saturated rings. The van der Waals surface area contributed by atoms with E-state index < -0.39 is 0 Å². The Labute approximate surface area is 120 Å². The lowest BCUT2D eigenvalue weighted by Gasteiger charge is -2.18. The Morgan fingerprint density at radius 1 is 0.950 bits per heavy atom. The molecule has 0 atom stereocenters. The largest absolute Gasteiger partial charge is 0.623 e. The summed E-state index contributed by atoms with van der Waals surface area (Å²) in [5, 5.41) is 12.5. The van der Waals surface area contributed by atoms with Crippen LogP contribution in [0.15, 0.2) is 72.3 Å². The third-order valence-electron chi connectivity index (χ3n) is 3.27. The Hall–Kier alpha value is -2.35. The fraction of sp³-hybridized carbons (Fsp3) is 0.167. The van der Waals surface area contributed by atoms with Gasteiger partial charge in [0.25, 0.3) is 0 Å². The summed E-state index contributed by atoms with van der Waals surface area (Å²) in [5.41, 5.74) is 2.94. The highest BCUT2D eigenvalue weighted by Crippen LogP contribution is 2.25. The van der Waals surface area contributed by atoms with E-state index in [9.17, 15) is 5.21 Å². The van der Waals surface area contributed by atoms with Gasteiger partial charge in [-0.3, -0.25) is 0 Å². The molecule has 0 saturated carbocycles. The van der Waals surface area contributed by atoms with E-state index >= 15 is 0 Å². The third kappa shape index (κ3) is 3.35. The van der Waals surface area contributed by atoms with Gasteiger partial charge in [0.15, 0.2) is 6.21 Å². The molecule has 0 amide bonds. The topological polar surface area (TPSA) is 26.1 Å². The van der Waals surface area contributed by atoms with Crippen LogP contribution in [0.25, 0.3) is 0 Å². The fourth-order valence-electron chi connectivity index (χ4n) is 2.11. The highest BCUT2D eigenvalue weighted by molar-refractivity contribution is 5.73. The Morgan fingerprint density at radius 2 is 1.40 bits per heavy atom. The minimum absolute atomic E-state index is 0.313. The first kappa shape index (κ1) is 14.1. The van der Waals surface area contributed by atoms with Gasteiger partial charge in [0.1, 0.15) is 0 Å². The molecule has 0 heterocycles. The van der Waals surface area contributed by atoms with Crippen LogP contribution in [0.2, 0.25) is 0 Å². The standard InChI is InChI=1S/C18H19NO/c1-3-15(2)14-19(20)18(16-10-6-4-7-11-16)17-12-8-5-9-13-17/h3-14,18H,1-2H3/b15-3+,19-14-. The average Bonchev–Trinajstić information content (AvgIpc) is 2.49. The molecular weight excluding hydrogens is 246 g/mol. The van der Waals surface area contributed by atoms with Gasteiger partial charge >= 0.3 is 0 Å². The van der Waals surface area contributed by atoms with Crippen molar-refractivity contribution < 1.29 is 4.74 Å². The van der Waals surface area contributed by atoms with Gasteiger partial charge in [0.05, 0.1) is 0 Å². The second-order valence-corrected chi connectivity index (χ2v) is 4.75. The molecule has 2 aromatic carbocycles. The van der Waals surface area contributed by atoms with Gasteiger partial charge in [0.2, 0.25) is 6.04 Å². The van der Waals surface area contributed by atoms with Crippen molar-refractivity contribution in [2.45, 2.75) is 19.9 Å². The number of rotatable bonds is 4. The zero-order chi connectivity index (χ0) is 14.4. The molecule has 0 N–H and O–H groups in total. The van der Waals surface area contributed by atoms with Crippen molar-refractivity contribution in [3.8, 4) is 0 Å². The van der Waals surface area contributed by atoms with E-state index in [1.807, 2.05) is 80.6 Å². The summed E-state index contributed by atoms with van der Waals surface area (Å²) in [4.78, 5) is 0. The van der Waals surface area contributed by atoms with E-state index in [1.54, 1.807) is 6.21 Å². The molecule has 2 nitrogen and oxygen atoms in total. The zero-order valence-electron chi connectivity index (χ0n) is 11.9. The number of nitrogens with zero attached hydrogens (tertiary/aromatic N) is 1. The molecule has 0 unspecified atom stereocenters. The number of allylic oxidation sites excluding steroid dienone is 2. The first-order valence-corrected chi connectivity index (χ1v) is 6.75. The van der Waals surface area contributed by atoms with Gasteiger partial charge in [-0.25, -0.2) is 0 Å². The first-order valence-electron chi connectivity index (χ1n) is 6.75. The molecule has 0 aromatic heterocycles. The number of hydroxylamine groups is 1. The summed E-state index contributed by atoms with van der Waals surface area (Å²) in [6.07, 6.45) is 3.57. The maximum atomic E-state index is 12.5. The Morgan fingerprint density at radius 3 is 1.80 bits per heavy atom. The smallest absolute Gasteiger partial charge is 0.213 e. The molecule has 0 spiro atoms. The van der Waals surface area contributed by atoms with Crippen LogP contribution in [0.4, 0.5) is 0 Å². The number of hydrogen-bond acceptors (Lipinski definition) is 1. The molecule has 0 aliphatic rings. The Kier molecular flexibility index (Phi) is 4.72. The monoisotopic (exact) mass is 265 g/mol. The van der Waals surface area contributed by atoms with Crippen LogP contribution < -0.4 is 0 Å². The predicted molar refractivity (Wildman–Crippen MR) is 83.8 cm³/mol. The summed E-state index contributed by atoms with van der Waals surface area (Å²) in [7, 11) is 0. The van der Waals surface area contributed by atoms with E-state index in [2.05, 4.69) is 0 Å². The molecule has 2 heteroatoms. The quantitative estimate of drug-likeness (QED) is 0.350. The van der Waals surface area contributed by atoms with Crippen molar-refractivity contribution in [3.63, 3.8) is 0 Å². The van der Waals surface area contributed by atoms with Gasteiger partial charge in [-0.2, -0.15) is 4.74 Å². The maximum Gasteiger partial charge on any atom is 0.213 e. The van der Waals surface area contributed by atoms with Crippen LogP contribution in [-0.4, -0.2) is 11.0 Å². The van der Waals surface area contributed by atoms with E-state index in [0.29, 0.717) is 0 Å². The van der Waals surface area contributed by atoms with Crippen LogP contribution in [0.1, 0.15) is 31.0 Å². The van der Waals surface area contributed by atoms with Crippen molar-refractivity contribution in [3.05, 3.63) is 88.6 Å². The van der Waals surface area contributed by atoms with Gasteiger partial charge in [-0.15, -0.1) is 0 Å². The van der Waals surface area contributed by atoms with Crippen molar-refractivity contribution in [1.29, 1.82) is 0 Å². The second kappa shape index (κ2) is 6.71. The Bertz CT molecular complexity index is 560. The highest BCUT2D eigenvalue weighted by Gasteiger charge is 2.20. The van der Waals surface area contributed by atoms with Crippen molar-refractivity contribution in [2.75, 3.05) is 0 Å². The predicted octanol–water partition coefficient (Wildman–Crippen LogP) is 4.32. The molecule has 0 saturated heterocycles. The Balaban J connectivity index is 2.48. The van der Waals surface area contributed by atoms with E-state index in [0.717, 1.165) is 21.4 Å².